The van der Waals surface area contributed by atoms with E-state index in [1.54, 1.807) is 0 Å². The van der Waals surface area contributed by atoms with Gasteiger partial charge in [0.1, 0.15) is 0 Å². The van der Waals surface area contributed by atoms with Gasteiger partial charge in [0.05, 0.1) is 12.2 Å². The van der Waals surface area contributed by atoms with Crippen LogP contribution in [0.2, 0.25) is 0 Å². The Bertz CT molecular complexity index is 630. The number of benzene rings is 2. The van der Waals surface area contributed by atoms with Crippen LogP contribution in [-0.2, 0) is 4.74 Å². The van der Waals surface area contributed by atoms with Gasteiger partial charge in [0.15, 0.2) is 0 Å². The molecule has 0 unspecified atom stereocenters. The topological polar surface area (TPSA) is 29.5 Å². The molecule has 21 heavy (non-hydrogen) atoms. The first-order valence-electron chi connectivity index (χ1n) is 7.08. The molecule has 2 rings (SSSR count). The zero-order valence-corrected chi connectivity index (χ0v) is 13.0. The van der Waals surface area contributed by atoms with Crippen LogP contribution >= 0.6 is 0 Å². The van der Waals surface area contributed by atoms with Crippen molar-refractivity contribution in [3.8, 4) is 11.1 Å². The highest BCUT2D eigenvalue weighted by Gasteiger charge is 2.15. The minimum Gasteiger partial charge on any atom is -0.462 e. The van der Waals surface area contributed by atoms with Crippen LogP contribution in [0.15, 0.2) is 42.5 Å². The molecule has 0 radical (unpaired) electrons. The van der Waals surface area contributed by atoms with Crippen molar-refractivity contribution in [2.75, 3.05) is 25.6 Å². The fourth-order valence-corrected chi connectivity index (χ4v) is 2.17. The SMILES string of the molecule is CCOC(=O)c1ccc(N(C)C)cc1-c1ccc(C)cc1. The maximum absolute atomic E-state index is 12.2. The zero-order chi connectivity index (χ0) is 15.4. The van der Waals surface area contributed by atoms with Crippen molar-refractivity contribution in [1.29, 1.82) is 0 Å². The molecule has 0 fully saturated rings. The number of nitrogens with zero attached hydrogens (tertiary/aromatic N) is 1. The number of ether oxygens (including phenoxy) is 1. The molecule has 0 N–H and O–H groups in total. The van der Waals surface area contributed by atoms with Crippen molar-refractivity contribution in [3.05, 3.63) is 53.6 Å². The van der Waals surface area contributed by atoms with Gasteiger partial charge < -0.3 is 9.64 Å². The van der Waals surface area contributed by atoms with E-state index >= 15 is 0 Å². The van der Waals surface area contributed by atoms with E-state index in [0.717, 1.165) is 16.8 Å². The average Bonchev–Trinajstić information content (AvgIpc) is 2.47. The van der Waals surface area contributed by atoms with Crippen LogP contribution < -0.4 is 4.90 Å². The van der Waals surface area contributed by atoms with Crippen molar-refractivity contribution < 1.29 is 9.53 Å². The zero-order valence-electron chi connectivity index (χ0n) is 13.0. The second-order valence-electron chi connectivity index (χ2n) is 5.21. The lowest BCUT2D eigenvalue weighted by molar-refractivity contribution is 0.0527. The predicted molar refractivity (Wildman–Crippen MR) is 86.9 cm³/mol. The molecule has 0 bridgehead atoms. The Hall–Kier alpha value is -2.29. The molecule has 0 heterocycles. The highest BCUT2D eigenvalue weighted by molar-refractivity contribution is 5.98. The molecule has 0 amide bonds. The molecule has 0 saturated heterocycles. The summed E-state index contributed by atoms with van der Waals surface area (Å²) >= 11 is 0. The Morgan fingerprint density at radius 3 is 2.33 bits per heavy atom. The summed E-state index contributed by atoms with van der Waals surface area (Å²) in [6.07, 6.45) is 0. The van der Waals surface area contributed by atoms with E-state index in [1.807, 2.05) is 75.3 Å². The van der Waals surface area contributed by atoms with E-state index < -0.39 is 0 Å². The number of hydrogen-bond donors (Lipinski definition) is 0. The number of carbonyl (C=O) groups excluding carboxylic acids is 1. The molecule has 3 heteroatoms. The second-order valence-corrected chi connectivity index (χ2v) is 5.21. The highest BCUT2D eigenvalue weighted by atomic mass is 16.5. The van der Waals surface area contributed by atoms with Crippen molar-refractivity contribution in [3.63, 3.8) is 0 Å². The molecule has 0 aromatic heterocycles. The maximum Gasteiger partial charge on any atom is 0.338 e. The number of anilines is 1. The van der Waals surface area contributed by atoms with Gasteiger partial charge in [-0.1, -0.05) is 29.8 Å². The van der Waals surface area contributed by atoms with Gasteiger partial charge in [0, 0.05) is 19.8 Å². The molecule has 0 atom stereocenters. The van der Waals surface area contributed by atoms with Gasteiger partial charge >= 0.3 is 5.97 Å². The molecule has 2 aromatic rings. The van der Waals surface area contributed by atoms with Crippen molar-refractivity contribution in [2.24, 2.45) is 0 Å². The van der Waals surface area contributed by atoms with E-state index in [1.165, 1.54) is 5.56 Å². The van der Waals surface area contributed by atoms with E-state index in [9.17, 15) is 4.79 Å². The average molecular weight is 283 g/mol. The van der Waals surface area contributed by atoms with Crippen molar-refractivity contribution in [1.82, 2.24) is 0 Å². The third kappa shape index (κ3) is 3.43. The molecule has 0 aliphatic carbocycles. The summed E-state index contributed by atoms with van der Waals surface area (Å²) in [7, 11) is 3.97. The third-order valence-corrected chi connectivity index (χ3v) is 3.38. The van der Waals surface area contributed by atoms with Gasteiger partial charge in [0.2, 0.25) is 0 Å². The lowest BCUT2D eigenvalue weighted by Gasteiger charge is -2.16. The van der Waals surface area contributed by atoms with Gasteiger partial charge in [-0.2, -0.15) is 0 Å². The minimum absolute atomic E-state index is 0.279. The Balaban J connectivity index is 2.55. The smallest absolute Gasteiger partial charge is 0.338 e. The summed E-state index contributed by atoms with van der Waals surface area (Å²) in [4.78, 5) is 14.2. The van der Waals surface area contributed by atoms with Crippen LogP contribution in [0.25, 0.3) is 11.1 Å². The molecular weight excluding hydrogens is 262 g/mol. The lowest BCUT2D eigenvalue weighted by Crippen LogP contribution is -2.11. The van der Waals surface area contributed by atoms with Gasteiger partial charge in [-0.3, -0.25) is 0 Å². The fraction of sp³-hybridized carbons (Fsp3) is 0.278. The van der Waals surface area contributed by atoms with Crippen LogP contribution in [0.3, 0.4) is 0 Å². The molecule has 2 aromatic carbocycles. The first-order chi connectivity index (χ1) is 10.0. The maximum atomic E-state index is 12.2. The number of aryl methyl sites for hydroxylation is 1. The van der Waals surface area contributed by atoms with Crippen molar-refractivity contribution in [2.45, 2.75) is 13.8 Å². The second kappa shape index (κ2) is 6.44. The monoisotopic (exact) mass is 283 g/mol. The van der Waals surface area contributed by atoms with Gasteiger partial charge in [-0.05, 0) is 43.2 Å². The summed E-state index contributed by atoms with van der Waals surface area (Å²) in [5.41, 5.74) is 4.78. The van der Waals surface area contributed by atoms with E-state index in [2.05, 4.69) is 0 Å². The Morgan fingerprint density at radius 1 is 1.10 bits per heavy atom. The molecule has 3 nitrogen and oxygen atoms in total. The van der Waals surface area contributed by atoms with E-state index in [-0.39, 0.29) is 5.97 Å². The Labute approximate surface area is 126 Å². The number of esters is 1. The lowest BCUT2D eigenvalue weighted by atomic mass is 9.98. The van der Waals surface area contributed by atoms with Gasteiger partial charge in [-0.15, -0.1) is 0 Å². The first-order valence-corrected chi connectivity index (χ1v) is 7.08. The normalized spacial score (nSPS) is 10.3. The van der Waals surface area contributed by atoms with Crippen LogP contribution in [-0.4, -0.2) is 26.7 Å². The molecule has 0 saturated carbocycles. The van der Waals surface area contributed by atoms with Crippen LogP contribution in [0.4, 0.5) is 5.69 Å². The van der Waals surface area contributed by atoms with E-state index in [0.29, 0.717) is 12.2 Å². The van der Waals surface area contributed by atoms with Gasteiger partial charge in [0.25, 0.3) is 0 Å². The van der Waals surface area contributed by atoms with Crippen molar-refractivity contribution >= 4 is 11.7 Å². The summed E-state index contributed by atoms with van der Waals surface area (Å²) in [6, 6.07) is 14.0. The van der Waals surface area contributed by atoms with Crippen LogP contribution in [0.1, 0.15) is 22.8 Å². The predicted octanol–water partition coefficient (Wildman–Crippen LogP) is 3.90. The molecule has 0 aliphatic rings. The van der Waals surface area contributed by atoms with Crippen LogP contribution in [0, 0.1) is 6.92 Å². The highest BCUT2D eigenvalue weighted by Crippen LogP contribution is 2.29. The number of hydrogen-bond acceptors (Lipinski definition) is 3. The molecule has 0 spiro atoms. The standard InChI is InChI=1S/C18H21NO2/c1-5-21-18(20)16-11-10-15(19(3)4)12-17(16)14-8-6-13(2)7-9-14/h6-12H,5H2,1-4H3. The minimum atomic E-state index is -0.279. The van der Waals surface area contributed by atoms with Crippen LogP contribution in [0.5, 0.6) is 0 Å². The number of rotatable bonds is 4. The Kier molecular flexibility index (Phi) is 4.63. The molecule has 110 valence electrons. The quantitative estimate of drug-likeness (QED) is 0.797. The third-order valence-electron chi connectivity index (χ3n) is 3.38. The summed E-state index contributed by atoms with van der Waals surface area (Å²) in [6.45, 7) is 4.24. The first kappa shape index (κ1) is 15.1. The molecular formula is C18H21NO2. The van der Waals surface area contributed by atoms with Gasteiger partial charge in [-0.25, -0.2) is 4.79 Å². The summed E-state index contributed by atoms with van der Waals surface area (Å²) < 4.78 is 5.16. The largest absolute Gasteiger partial charge is 0.462 e. The summed E-state index contributed by atoms with van der Waals surface area (Å²) in [5.74, 6) is -0.279. The van der Waals surface area contributed by atoms with E-state index in [4.69, 9.17) is 4.74 Å². The molecule has 0 aliphatic heterocycles. The number of carbonyl (C=O) groups is 1. The summed E-state index contributed by atoms with van der Waals surface area (Å²) in [5, 5.41) is 0. The fourth-order valence-electron chi connectivity index (χ4n) is 2.17. The Morgan fingerprint density at radius 2 is 1.76 bits per heavy atom.